The van der Waals surface area contributed by atoms with E-state index in [9.17, 15) is 17.6 Å². The van der Waals surface area contributed by atoms with Gasteiger partial charge in [-0.2, -0.15) is 18.3 Å². The molecule has 0 amide bonds. The molecule has 4 heterocycles. The third-order valence-corrected chi connectivity index (χ3v) is 7.95. The molecule has 0 spiro atoms. The molecule has 0 atom stereocenters. The minimum atomic E-state index is -4.71. The Balaban J connectivity index is 1.59. The summed E-state index contributed by atoms with van der Waals surface area (Å²) in [5.74, 6) is -1.69. The number of benzene rings is 2. The lowest BCUT2D eigenvalue weighted by atomic mass is 9.97. The quantitative estimate of drug-likeness (QED) is 0.212. The van der Waals surface area contributed by atoms with Crippen LogP contribution in [0.3, 0.4) is 0 Å². The van der Waals surface area contributed by atoms with Gasteiger partial charge >= 0.3 is 6.18 Å². The van der Waals surface area contributed by atoms with E-state index in [-0.39, 0.29) is 17.9 Å². The summed E-state index contributed by atoms with van der Waals surface area (Å²) >= 11 is 6.57. The SMILES string of the molecule is CCc1cccc(CC)c1-n1nc2c(c1-c1ccc(F)c3[nH]cc(Cl)c13)CN(c1ncc(C(F)(F)F)cc1F)CC2. The number of H-pyrrole nitrogens is 1. The smallest absolute Gasteiger partial charge is 0.357 e. The topological polar surface area (TPSA) is 49.7 Å². The third-order valence-electron chi connectivity index (χ3n) is 7.65. The number of pyridine rings is 1. The maximum Gasteiger partial charge on any atom is 0.417 e. The minimum absolute atomic E-state index is 0.136. The van der Waals surface area contributed by atoms with E-state index in [0.717, 1.165) is 40.9 Å². The van der Waals surface area contributed by atoms with E-state index in [4.69, 9.17) is 16.7 Å². The zero-order chi connectivity index (χ0) is 29.1. The van der Waals surface area contributed by atoms with Gasteiger partial charge in [-0.15, -0.1) is 0 Å². The molecule has 2 aromatic carbocycles. The summed E-state index contributed by atoms with van der Waals surface area (Å²) in [7, 11) is 0. The van der Waals surface area contributed by atoms with Crippen molar-refractivity contribution in [3.63, 3.8) is 0 Å². The summed E-state index contributed by atoms with van der Waals surface area (Å²) in [6.07, 6.45) is -0.654. The highest BCUT2D eigenvalue weighted by atomic mass is 35.5. The second kappa shape index (κ2) is 10.2. The van der Waals surface area contributed by atoms with Gasteiger partial charge in [0.1, 0.15) is 5.82 Å². The fourth-order valence-electron chi connectivity index (χ4n) is 5.67. The largest absolute Gasteiger partial charge is 0.417 e. The maximum atomic E-state index is 15.0. The number of anilines is 1. The van der Waals surface area contributed by atoms with Gasteiger partial charge in [0.25, 0.3) is 0 Å². The molecule has 0 saturated carbocycles. The lowest BCUT2D eigenvalue weighted by molar-refractivity contribution is -0.138. The van der Waals surface area contributed by atoms with Crippen LogP contribution in [-0.2, 0) is 32.0 Å². The Hall–Kier alpha value is -3.92. The van der Waals surface area contributed by atoms with E-state index in [1.54, 1.807) is 11.0 Å². The Bertz CT molecular complexity index is 1770. The minimum Gasteiger partial charge on any atom is -0.357 e. The molecule has 0 saturated heterocycles. The van der Waals surface area contributed by atoms with Crippen LogP contribution in [0.25, 0.3) is 27.8 Å². The van der Waals surface area contributed by atoms with E-state index >= 15 is 4.39 Å². The first-order valence-electron chi connectivity index (χ1n) is 13.3. The van der Waals surface area contributed by atoms with E-state index < -0.39 is 23.4 Å². The number of aromatic amines is 1. The number of fused-ring (bicyclic) bond motifs is 2. The van der Waals surface area contributed by atoms with Crippen LogP contribution in [0.2, 0.25) is 5.02 Å². The number of nitrogens with one attached hydrogen (secondary N) is 1. The van der Waals surface area contributed by atoms with Crippen molar-refractivity contribution in [1.82, 2.24) is 19.7 Å². The van der Waals surface area contributed by atoms with Gasteiger partial charge in [-0.1, -0.05) is 43.6 Å². The van der Waals surface area contributed by atoms with Gasteiger partial charge in [-0.25, -0.2) is 18.4 Å². The molecule has 0 aliphatic carbocycles. The van der Waals surface area contributed by atoms with Crippen molar-refractivity contribution >= 4 is 28.3 Å². The third kappa shape index (κ3) is 4.54. The van der Waals surface area contributed by atoms with Crippen molar-refractivity contribution in [2.45, 2.75) is 45.8 Å². The molecule has 0 radical (unpaired) electrons. The summed E-state index contributed by atoms with van der Waals surface area (Å²) in [5.41, 5.74) is 4.96. The van der Waals surface area contributed by atoms with Crippen molar-refractivity contribution in [3.8, 4) is 16.9 Å². The highest BCUT2D eigenvalue weighted by Gasteiger charge is 2.34. The summed E-state index contributed by atoms with van der Waals surface area (Å²) in [4.78, 5) is 8.37. The van der Waals surface area contributed by atoms with Crippen LogP contribution < -0.4 is 4.90 Å². The Labute approximate surface area is 237 Å². The molecule has 0 bridgehead atoms. The van der Waals surface area contributed by atoms with Gasteiger partial charge in [-0.3, -0.25) is 0 Å². The van der Waals surface area contributed by atoms with Crippen LogP contribution in [0.1, 0.15) is 41.8 Å². The molecule has 5 nitrogen and oxygen atoms in total. The zero-order valence-corrected chi connectivity index (χ0v) is 23.0. The predicted molar refractivity (Wildman–Crippen MR) is 149 cm³/mol. The average Bonchev–Trinajstić information content (AvgIpc) is 3.53. The van der Waals surface area contributed by atoms with Gasteiger partial charge in [0, 0.05) is 48.4 Å². The normalized spacial score (nSPS) is 13.7. The number of para-hydroxylation sites is 1. The lowest BCUT2D eigenvalue weighted by Gasteiger charge is -2.28. The van der Waals surface area contributed by atoms with E-state index in [1.807, 2.05) is 22.9 Å². The summed E-state index contributed by atoms with van der Waals surface area (Å²) in [5, 5.41) is 5.85. The number of hydrogen-bond donors (Lipinski definition) is 1. The molecular weight excluding hydrogens is 561 g/mol. The van der Waals surface area contributed by atoms with Crippen molar-refractivity contribution < 1.29 is 22.0 Å². The first kappa shape index (κ1) is 27.3. The number of rotatable bonds is 5. The Morgan fingerprint density at radius 1 is 1.02 bits per heavy atom. The van der Waals surface area contributed by atoms with Gasteiger partial charge < -0.3 is 9.88 Å². The summed E-state index contributed by atoms with van der Waals surface area (Å²) in [6, 6.07) is 9.56. The second-order valence-electron chi connectivity index (χ2n) is 10.00. The molecule has 1 aliphatic heterocycles. The zero-order valence-electron chi connectivity index (χ0n) is 22.2. The van der Waals surface area contributed by atoms with Gasteiger partial charge in [0.05, 0.1) is 33.2 Å². The van der Waals surface area contributed by atoms with Crippen LogP contribution in [0.15, 0.2) is 48.8 Å². The lowest BCUT2D eigenvalue weighted by Crippen LogP contribution is -2.32. The first-order chi connectivity index (χ1) is 19.6. The Morgan fingerprint density at radius 2 is 1.76 bits per heavy atom. The van der Waals surface area contributed by atoms with Crippen LogP contribution in [-0.4, -0.2) is 26.3 Å². The van der Waals surface area contributed by atoms with Crippen LogP contribution in [0.4, 0.5) is 27.8 Å². The van der Waals surface area contributed by atoms with Crippen LogP contribution in [0.5, 0.6) is 0 Å². The number of hydrogen-bond acceptors (Lipinski definition) is 3. The second-order valence-corrected chi connectivity index (χ2v) is 10.4. The molecule has 6 rings (SSSR count). The fourth-order valence-corrected chi connectivity index (χ4v) is 5.92. The molecule has 11 heteroatoms. The molecule has 1 aliphatic rings. The van der Waals surface area contributed by atoms with Gasteiger partial charge in [0.15, 0.2) is 11.6 Å². The maximum absolute atomic E-state index is 15.0. The van der Waals surface area contributed by atoms with Crippen molar-refractivity contribution in [1.29, 1.82) is 0 Å². The number of aryl methyl sites for hydroxylation is 2. The van der Waals surface area contributed by atoms with Crippen molar-refractivity contribution in [2.24, 2.45) is 0 Å². The summed E-state index contributed by atoms with van der Waals surface area (Å²) < 4.78 is 71.2. The van der Waals surface area contributed by atoms with Gasteiger partial charge in [-0.05, 0) is 42.2 Å². The predicted octanol–water partition coefficient (Wildman–Crippen LogP) is 8.05. The number of nitrogens with zero attached hydrogens (tertiary/aromatic N) is 4. The number of alkyl halides is 3. The monoisotopic (exact) mass is 585 g/mol. The Morgan fingerprint density at radius 3 is 2.41 bits per heavy atom. The fraction of sp³-hybridized carbons (Fsp3) is 0.267. The molecule has 5 aromatic rings. The number of halogens is 6. The Kier molecular flexibility index (Phi) is 6.76. The van der Waals surface area contributed by atoms with Crippen LogP contribution >= 0.6 is 11.6 Å². The highest BCUT2D eigenvalue weighted by Crippen LogP contribution is 2.42. The van der Waals surface area contributed by atoms with E-state index in [0.29, 0.717) is 46.9 Å². The number of aromatic nitrogens is 4. The average molecular weight is 586 g/mol. The molecule has 41 heavy (non-hydrogen) atoms. The van der Waals surface area contributed by atoms with E-state index in [2.05, 4.69) is 23.8 Å². The van der Waals surface area contributed by atoms with Crippen molar-refractivity contribution in [2.75, 3.05) is 11.4 Å². The molecule has 212 valence electrons. The standard InChI is InChI=1S/C30H25ClF5N5/c1-3-16-6-5-7-17(4-2)27(16)41-28(19-8-9-22(32)26-25(19)21(31)14-37-26)20-15-40(11-10-24(20)39-41)29-23(33)12-18(13-38-29)30(34,35)36/h5-9,12-14,37H,3-4,10-11,15H2,1-2H3. The summed E-state index contributed by atoms with van der Waals surface area (Å²) in [6.45, 7) is 4.55. The first-order valence-corrected chi connectivity index (χ1v) is 13.6. The molecule has 3 aromatic heterocycles. The van der Waals surface area contributed by atoms with Gasteiger partial charge in [0.2, 0.25) is 0 Å². The molecule has 0 unspecified atom stereocenters. The highest BCUT2D eigenvalue weighted by molar-refractivity contribution is 6.36. The molecule has 1 N–H and O–H groups in total. The van der Waals surface area contributed by atoms with Crippen molar-refractivity contribution in [3.05, 3.63) is 93.4 Å². The van der Waals surface area contributed by atoms with Crippen LogP contribution in [0, 0.1) is 11.6 Å². The van der Waals surface area contributed by atoms with E-state index in [1.165, 1.54) is 12.3 Å². The molecular formula is C30H25ClF5N5. The molecule has 0 fully saturated rings.